The summed E-state index contributed by atoms with van der Waals surface area (Å²) < 4.78 is 0. The molecule has 1 fully saturated rings. The van der Waals surface area contributed by atoms with E-state index in [0.29, 0.717) is 25.8 Å². The van der Waals surface area contributed by atoms with Gasteiger partial charge in [0, 0.05) is 20.0 Å². The number of carboxylic acid groups (broad SMARTS) is 1. The van der Waals surface area contributed by atoms with Crippen LogP contribution in [0.4, 0.5) is 0 Å². The molecular weight excluding hydrogens is 474 g/mol. The third-order valence-electron chi connectivity index (χ3n) is 5.72. The van der Waals surface area contributed by atoms with Crippen LogP contribution in [0.15, 0.2) is 0 Å². The van der Waals surface area contributed by atoms with Gasteiger partial charge in [-0.1, -0.05) is 13.8 Å². The number of nitrogens with one attached hydrogen (secondary N) is 5. The fraction of sp³-hybridized carbons (Fsp3) is 0.727. The Labute approximate surface area is 210 Å². The summed E-state index contributed by atoms with van der Waals surface area (Å²) >= 11 is 0. The van der Waals surface area contributed by atoms with Crippen LogP contribution in [-0.2, 0) is 24.0 Å². The summed E-state index contributed by atoms with van der Waals surface area (Å²) in [7, 11) is 0. The normalized spacial score (nSPS) is 17.6. The molecule has 0 radical (unpaired) electrons. The Morgan fingerprint density at radius 1 is 1.06 bits per heavy atom. The van der Waals surface area contributed by atoms with Crippen LogP contribution < -0.4 is 27.0 Å². The number of nitrogens with two attached hydrogens (primary N) is 1. The van der Waals surface area contributed by atoms with Crippen LogP contribution in [0.25, 0.3) is 0 Å². The Kier molecular flexibility index (Phi) is 12.6. The SMILES string of the molecule is CC(=O)N1CCC[C@H]1C(=O)N[C@@H](CO)C(=O)N[C@@H](CCCNC(=N)N)C(=O)N[C@@H](CC(C)C)C(=O)O. The highest BCUT2D eigenvalue weighted by atomic mass is 16.4. The molecule has 36 heavy (non-hydrogen) atoms. The number of nitrogens with zero attached hydrogens (tertiary/aromatic N) is 1. The molecule has 1 saturated heterocycles. The van der Waals surface area contributed by atoms with Gasteiger partial charge in [0.2, 0.25) is 23.6 Å². The first-order chi connectivity index (χ1) is 16.9. The number of guanidine groups is 1. The largest absolute Gasteiger partial charge is 0.480 e. The van der Waals surface area contributed by atoms with Gasteiger partial charge in [-0.3, -0.25) is 24.6 Å². The number of aliphatic hydroxyl groups is 1. The van der Waals surface area contributed by atoms with Gasteiger partial charge in [-0.05, 0) is 38.0 Å². The molecule has 9 N–H and O–H groups in total. The third-order valence-corrected chi connectivity index (χ3v) is 5.72. The summed E-state index contributed by atoms with van der Waals surface area (Å²) in [6, 6.07) is -4.48. The van der Waals surface area contributed by atoms with Gasteiger partial charge >= 0.3 is 5.97 Å². The summed E-state index contributed by atoms with van der Waals surface area (Å²) in [6.45, 7) is 4.85. The number of aliphatic hydroxyl groups excluding tert-OH is 1. The van der Waals surface area contributed by atoms with Gasteiger partial charge in [-0.2, -0.15) is 0 Å². The Morgan fingerprint density at radius 3 is 2.19 bits per heavy atom. The number of hydrogen-bond donors (Lipinski definition) is 8. The topological polar surface area (TPSA) is 227 Å². The van der Waals surface area contributed by atoms with Crippen LogP contribution in [0, 0.1) is 11.3 Å². The van der Waals surface area contributed by atoms with E-state index in [0.717, 1.165) is 0 Å². The molecule has 0 saturated carbocycles. The van der Waals surface area contributed by atoms with Gasteiger partial charge in [0.05, 0.1) is 6.61 Å². The highest BCUT2D eigenvalue weighted by Gasteiger charge is 2.35. The average Bonchev–Trinajstić information content (AvgIpc) is 3.28. The summed E-state index contributed by atoms with van der Waals surface area (Å²) in [5.74, 6) is -3.94. The van der Waals surface area contributed by atoms with E-state index in [1.54, 1.807) is 13.8 Å². The van der Waals surface area contributed by atoms with Crippen LogP contribution in [0.3, 0.4) is 0 Å². The van der Waals surface area contributed by atoms with Crippen LogP contribution in [0.2, 0.25) is 0 Å². The van der Waals surface area contributed by atoms with Crippen molar-refractivity contribution >= 4 is 35.6 Å². The fourth-order valence-electron chi connectivity index (χ4n) is 3.91. The summed E-state index contributed by atoms with van der Waals surface area (Å²) in [6.07, 6.45) is 1.60. The molecule has 1 aliphatic rings. The molecule has 0 aromatic heterocycles. The molecular formula is C22H39N7O7. The first-order valence-electron chi connectivity index (χ1n) is 12.0. The number of aliphatic carboxylic acids is 1. The zero-order chi connectivity index (χ0) is 27.4. The van der Waals surface area contributed by atoms with Crippen molar-refractivity contribution < 1.29 is 34.2 Å². The Hall–Kier alpha value is -3.42. The van der Waals surface area contributed by atoms with Crippen LogP contribution in [-0.4, -0.2) is 94.5 Å². The second-order valence-corrected chi connectivity index (χ2v) is 9.19. The van der Waals surface area contributed by atoms with E-state index in [9.17, 15) is 34.2 Å². The molecule has 0 unspecified atom stereocenters. The van der Waals surface area contributed by atoms with E-state index in [4.69, 9.17) is 11.1 Å². The summed E-state index contributed by atoms with van der Waals surface area (Å²) in [4.78, 5) is 63.1. The predicted octanol–water partition coefficient (Wildman–Crippen LogP) is -2.16. The molecule has 14 nitrogen and oxygen atoms in total. The molecule has 4 amide bonds. The van der Waals surface area contributed by atoms with E-state index in [-0.39, 0.29) is 37.2 Å². The van der Waals surface area contributed by atoms with Gasteiger partial charge in [0.25, 0.3) is 0 Å². The van der Waals surface area contributed by atoms with Crippen molar-refractivity contribution in [2.24, 2.45) is 11.7 Å². The molecule has 0 aromatic rings. The smallest absolute Gasteiger partial charge is 0.326 e. The van der Waals surface area contributed by atoms with Gasteiger partial charge < -0.3 is 42.1 Å². The molecule has 1 heterocycles. The minimum atomic E-state index is -1.39. The van der Waals surface area contributed by atoms with Crippen LogP contribution >= 0.6 is 0 Å². The molecule has 0 aliphatic carbocycles. The van der Waals surface area contributed by atoms with E-state index in [1.165, 1.54) is 11.8 Å². The monoisotopic (exact) mass is 513 g/mol. The van der Waals surface area contributed by atoms with Crippen molar-refractivity contribution in [1.82, 2.24) is 26.2 Å². The molecule has 14 heteroatoms. The number of carbonyl (C=O) groups excluding carboxylic acids is 4. The van der Waals surface area contributed by atoms with Crippen molar-refractivity contribution in [1.29, 1.82) is 5.41 Å². The predicted molar refractivity (Wildman–Crippen MR) is 130 cm³/mol. The number of likely N-dealkylation sites (tertiary alicyclic amines) is 1. The first-order valence-corrected chi connectivity index (χ1v) is 12.0. The number of rotatable bonds is 14. The Bertz CT molecular complexity index is 821. The Balaban J connectivity index is 2.91. The summed E-state index contributed by atoms with van der Waals surface area (Å²) in [5.41, 5.74) is 5.24. The molecule has 1 aliphatic heterocycles. The van der Waals surface area contributed by atoms with Gasteiger partial charge in [0.15, 0.2) is 5.96 Å². The van der Waals surface area contributed by atoms with E-state index >= 15 is 0 Å². The molecule has 1 rings (SSSR count). The number of carbonyl (C=O) groups is 5. The number of carboxylic acids is 1. The highest BCUT2D eigenvalue weighted by molar-refractivity contribution is 5.95. The van der Waals surface area contributed by atoms with Crippen molar-refractivity contribution in [3.8, 4) is 0 Å². The van der Waals surface area contributed by atoms with Crippen LogP contribution in [0.5, 0.6) is 0 Å². The molecule has 0 aromatic carbocycles. The number of amides is 4. The highest BCUT2D eigenvalue weighted by Crippen LogP contribution is 2.17. The maximum absolute atomic E-state index is 12.9. The van der Waals surface area contributed by atoms with Gasteiger partial charge in [-0.25, -0.2) is 4.79 Å². The van der Waals surface area contributed by atoms with Gasteiger partial charge in [0.1, 0.15) is 24.2 Å². The molecule has 0 bridgehead atoms. The second-order valence-electron chi connectivity index (χ2n) is 9.19. The zero-order valence-corrected chi connectivity index (χ0v) is 21.0. The molecule has 0 spiro atoms. The van der Waals surface area contributed by atoms with E-state index in [2.05, 4.69) is 21.3 Å². The minimum Gasteiger partial charge on any atom is -0.480 e. The third kappa shape index (κ3) is 10.1. The van der Waals surface area contributed by atoms with Crippen molar-refractivity contribution in [2.45, 2.75) is 77.0 Å². The first kappa shape index (κ1) is 30.6. The zero-order valence-electron chi connectivity index (χ0n) is 21.0. The van der Waals surface area contributed by atoms with Gasteiger partial charge in [-0.15, -0.1) is 0 Å². The summed E-state index contributed by atoms with van der Waals surface area (Å²) in [5, 5.41) is 36.3. The van der Waals surface area contributed by atoms with Crippen molar-refractivity contribution in [3.63, 3.8) is 0 Å². The standard InChI is InChI=1S/C22H39N7O7/c1-12(2)10-15(21(35)36)27-18(32)14(6-4-8-25-22(23)24)26-19(33)16(11-30)28-20(34)17-7-5-9-29(17)13(3)31/h12,14-17,30H,4-11H2,1-3H3,(H,26,33)(H,27,32)(H,28,34)(H,35,36)(H4,23,24,25)/t14-,15-,16-,17-/m0/s1. The maximum atomic E-state index is 12.9. The fourth-order valence-corrected chi connectivity index (χ4v) is 3.91. The lowest BCUT2D eigenvalue weighted by Crippen LogP contribution is -2.58. The van der Waals surface area contributed by atoms with E-state index in [1.807, 2.05) is 0 Å². The minimum absolute atomic E-state index is 0.0154. The van der Waals surface area contributed by atoms with Crippen molar-refractivity contribution in [3.05, 3.63) is 0 Å². The quantitative estimate of drug-likeness (QED) is 0.0717. The lowest BCUT2D eigenvalue weighted by atomic mass is 10.0. The second kappa shape index (κ2) is 14.9. The Morgan fingerprint density at radius 2 is 1.67 bits per heavy atom. The van der Waals surface area contributed by atoms with E-state index < -0.39 is 54.5 Å². The van der Waals surface area contributed by atoms with Crippen LogP contribution in [0.1, 0.15) is 52.9 Å². The lowest BCUT2D eigenvalue weighted by Gasteiger charge is -2.26. The maximum Gasteiger partial charge on any atom is 0.326 e. The average molecular weight is 514 g/mol. The molecule has 4 atom stereocenters. The lowest BCUT2D eigenvalue weighted by molar-refractivity contribution is -0.143. The number of hydrogen-bond acceptors (Lipinski definition) is 7. The van der Waals surface area contributed by atoms with Crippen molar-refractivity contribution in [2.75, 3.05) is 19.7 Å². The molecule has 204 valence electrons.